The fourth-order valence-corrected chi connectivity index (χ4v) is 1.21. The maximum atomic E-state index is 3.77. The monoisotopic (exact) mass is 192 g/mol. The van der Waals surface area contributed by atoms with Gasteiger partial charge in [-0.25, -0.2) is 0 Å². The van der Waals surface area contributed by atoms with E-state index in [2.05, 4.69) is 52.5 Å². The van der Waals surface area contributed by atoms with Crippen LogP contribution in [-0.4, -0.2) is 0 Å². The van der Waals surface area contributed by atoms with Gasteiger partial charge < -0.3 is 0 Å². The summed E-state index contributed by atoms with van der Waals surface area (Å²) in [4.78, 5) is 0. The van der Waals surface area contributed by atoms with Gasteiger partial charge in [0.05, 0.1) is 0 Å². The van der Waals surface area contributed by atoms with Crippen LogP contribution in [0.5, 0.6) is 0 Å². The Hall–Kier alpha value is -0.780. The summed E-state index contributed by atoms with van der Waals surface area (Å²) in [5.41, 5.74) is 1.43. The van der Waals surface area contributed by atoms with Gasteiger partial charge in [-0.3, -0.25) is 0 Å². The molecule has 0 heteroatoms. The molecule has 0 aromatic carbocycles. The van der Waals surface area contributed by atoms with Gasteiger partial charge in [0, 0.05) is 0 Å². The van der Waals surface area contributed by atoms with Crippen LogP contribution in [0.4, 0.5) is 0 Å². The van der Waals surface area contributed by atoms with E-state index in [1.54, 1.807) is 0 Å². The van der Waals surface area contributed by atoms with E-state index < -0.39 is 0 Å². The normalized spacial score (nSPS) is 17.0. The largest absolute Gasteiger partial charge is 0.102 e. The van der Waals surface area contributed by atoms with Crippen LogP contribution in [0, 0.1) is 11.8 Å². The fourth-order valence-electron chi connectivity index (χ4n) is 1.21. The lowest BCUT2D eigenvalue weighted by Gasteiger charge is -2.02. The van der Waals surface area contributed by atoms with Gasteiger partial charge in [0.15, 0.2) is 0 Å². The molecule has 0 aliphatic carbocycles. The zero-order valence-electron chi connectivity index (χ0n) is 10.1. The van der Waals surface area contributed by atoms with Crippen molar-refractivity contribution in [1.29, 1.82) is 0 Å². The molecule has 0 saturated heterocycles. The van der Waals surface area contributed by atoms with Crippen molar-refractivity contribution in [3.05, 3.63) is 36.5 Å². The molecule has 0 heterocycles. The smallest absolute Gasteiger partial charge is 0.00819 e. The van der Waals surface area contributed by atoms with Crippen LogP contribution in [-0.2, 0) is 0 Å². The highest BCUT2D eigenvalue weighted by atomic mass is 14.0. The molecule has 2 atom stereocenters. The van der Waals surface area contributed by atoms with Gasteiger partial charge in [0.1, 0.15) is 0 Å². The molecule has 0 amide bonds. The molecule has 0 aliphatic rings. The van der Waals surface area contributed by atoms with E-state index in [0.717, 1.165) is 6.42 Å². The zero-order valence-corrected chi connectivity index (χ0v) is 10.1. The molecule has 0 bridgehead atoms. The lowest BCUT2D eigenvalue weighted by atomic mass is 10.0. The highest BCUT2D eigenvalue weighted by Crippen LogP contribution is 2.09. The molecule has 0 aliphatic heterocycles. The second kappa shape index (κ2) is 7.61. The van der Waals surface area contributed by atoms with Crippen molar-refractivity contribution in [1.82, 2.24) is 0 Å². The third-order valence-corrected chi connectivity index (χ3v) is 2.47. The van der Waals surface area contributed by atoms with Crippen molar-refractivity contribution in [2.45, 2.75) is 40.5 Å². The van der Waals surface area contributed by atoms with E-state index in [9.17, 15) is 0 Å². The lowest BCUT2D eigenvalue weighted by Crippen LogP contribution is -1.86. The van der Waals surface area contributed by atoms with Crippen LogP contribution in [0.3, 0.4) is 0 Å². The minimum absolute atomic E-state index is 0.493. The molecule has 0 spiro atoms. The molecule has 0 radical (unpaired) electrons. The van der Waals surface area contributed by atoms with Gasteiger partial charge in [0.2, 0.25) is 0 Å². The number of allylic oxidation sites excluding steroid dienone is 5. The highest BCUT2D eigenvalue weighted by molar-refractivity contribution is 5.09. The molecular weight excluding hydrogens is 168 g/mol. The van der Waals surface area contributed by atoms with Crippen molar-refractivity contribution in [3.8, 4) is 0 Å². The third kappa shape index (κ3) is 6.71. The van der Waals surface area contributed by atoms with Crippen LogP contribution in [0.1, 0.15) is 40.5 Å². The van der Waals surface area contributed by atoms with Crippen LogP contribution >= 0.6 is 0 Å². The summed E-state index contributed by atoms with van der Waals surface area (Å²) < 4.78 is 0. The highest BCUT2D eigenvalue weighted by Gasteiger charge is 1.93. The molecule has 0 aromatic heterocycles. The molecule has 0 fully saturated rings. The fraction of sp³-hybridized carbons (Fsp3) is 0.571. The zero-order chi connectivity index (χ0) is 11.0. The molecule has 0 N–H and O–H groups in total. The number of rotatable bonds is 6. The summed E-state index contributed by atoms with van der Waals surface area (Å²) >= 11 is 0. The SMILES string of the molecule is C=CC(C)C=C(C)CC=CC(C)CC. The topological polar surface area (TPSA) is 0 Å². The summed E-state index contributed by atoms with van der Waals surface area (Å²) in [7, 11) is 0. The van der Waals surface area contributed by atoms with Crippen molar-refractivity contribution in [2.24, 2.45) is 11.8 Å². The summed E-state index contributed by atoms with van der Waals surface area (Å²) in [6.45, 7) is 12.6. The van der Waals surface area contributed by atoms with Crippen molar-refractivity contribution in [2.75, 3.05) is 0 Å². The molecule has 0 rings (SSSR count). The summed E-state index contributed by atoms with van der Waals surface area (Å²) in [5.74, 6) is 1.20. The molecule has 80 valence electrons. The molecular formula is C14H24. The molecule has 0 aromatic rings. The van der Waals surface area contributed by atoms with Crippen LogP contribution in [0.2, 0.25) is 0 Å². The quantitative estimate of drug-likeness (QED) is 0.533. The standard InChI is InChI=1S/C14H24/c1-6-12(3)9-8-10-14(5)11-13(4)7-2/h7-9,11-13H,2,6,10H2,1,3-5H3. The molecule has 14 heavy (non-hydrogen) atoms. The van der Waals surface area contributed by atoms with Gasteiger partial charge >= 0.3 is 0 Å². The Labute approximate surface area is 89.4 Å². The Bertz CT molecular complexity index is 208. The van der Waals surface area contributed by atoms with Gasteiger partial charge in [0.25, 0.3) is 0 Å². The Morgan fingerprint density at radius 2 is 2.00 bits per heavy atom. The minimum Gasteiger partial charge on any atom is -0.102 e. The predicted octanol–water partition coefficient (Wildman–Crippen LogP) is 4.75. The minimum atomic E-state index is 0.493. The Morgan fingerprint density at radius 1 is 1.36 bits per heavy atom. The van der Waals surface area contributed by atoms with E-state index >= 15 is 0 Å². The Balaban J connectivity index is 3.94. The van der Waals surface area contributed by atoms with Crippen molar-refractivity contribution < 1.29 is 0 Å². The molecule has 0 nitrogen and oxygen atoms in total. The summed E-state index contributed by atoms with van der Waals surface area (Å²) in [5, 5.41) is 0. The maximum absolute atomic E-state index is 3.77. The van der Waals surface area contributed by atoms with E-state index in [0.29, 0.717) is 11.8 Å². The average Bonchev–Trinajstić information content (AvgIpc) is 2.17. The third-order valence-electron chi connectivity index (χ3n) is 2.47. The Kier molecular flexibility index (Phi) is 7.18. The van der Waals surface area contributed by atoms with E-state index in [4.69, 9.17) is 0 Å². The average molecular weight is 192 g/mol. The first-order valence-corrected chi connectivity index (χ1v) is 5.56. The van der Waals surface area contributed by atoms with E-state index in [1.165, 1.54) is 12.0 Å². The first-order valence-electron chi connectivity index (χ1n) is 5.56. The van der Waals surface area contributed by atoms with Gasteiger partial charge in [-0.15, -0.1) is 6.58 Å². The van der Waals surface area contributed by atoms with Crippen LogP contribution < -0.4 is 0 Å². The predicted molar refractivity (Wildman–Crippen MR) is 66.3 cm³/mol. The van der Waals surface area contributed by atoms with E-state index in [1.807, 2.05) is 6.08 Å². The van der Waals surface area contributed by atoms with Crippen molar-refractivity contribution in [3.63, 3.8) is 0 Å². The van der Waals surface area contributed by atoms with Crippen LogP contribution in [0.25, 0.3) is 0 Å². The lowest BCUT2D eigenvalue weighted by molar-refractivity contribution is 0.696. The van der Waals surface area contributed by atoms with Crippen LogP contribution in [0.15, 0.2) is 36.5 Å². The van der Waals surface area contributed by atoms with Gasteiger partial charge in [-0.2, -0.15) is 0 Å². The maximum Gasteiger partial charge on any atom is -0.00819 e. The summed E-state index contributed by atoms with van der Waals surface area (Å²) in [6, 6.07) is 0. The van der Waals surface area contributed by atoms with Gasteiger partial charge in [-0.1, -0.05) is 57.1 Å². The number of hydrogen-bond donors (Lipinski definition) is 0. The van der Waals surface area contributed by atoms with Crippen molar-refractivity contribution >= 4 is 0 Å². The number of hydrogen-bond acceptors (Lipinski definition) is 0. The molecule has 2 unspecified atom stereocenters. The molecule has 0 saturated carbocycles. The van der Waals surface area contributed by atoms with E-state index in [-0.39, 0.29) is 0 Å². The first kappa shape index (κ1) is 13.2. The Morgan fingerprint density at radius 3 is 2.50 bits per heavy atom. The second-order valence-corrected chi connectivity index (χ2v) is 4.13. The first-order chi connectivity index (χ1) is 6.60. The van der Waals surface area contributed by atoms with Gasteiger partial charge in [-0.05, 0) is 25.2 Å². The second-order valence-electron chi connectivity index (χ2n) is 4.13. The summed E-state index contributed by atoms with van der Waals surface area (Å²) in [6.07, 6.45) is 11.1.